The molecule has 173 valence electrons. The molecule has 0 unspecified atom stereocenters. The smallest absolute Gasteiger partial charge is 0 e. The summed E-state index contributed by atoms with van der Waals surface area (Å²) < 4.78 is 2.44. The molecule has 0 saturated heterocycles. The van der Waals surface area contributed by atoms with Crippen LogP contribution in [-0.4, -0.2) is 8.86 Å². The molecule has 0 N–H and O–H groups in total. The Morgan fingerprint density at radius 1 is 0.520 bits per heavy atom. The number of rotatable bonds is 0. The maximum Gasteiger partial charge on any atom is 0 e. The molecule has 0 amide bonds. The Morgan fingerprint density at radius 2 is 0.520 bits per heavy atom. The monoisotopic (exact) mass is 1160 g/mol. The van der Waals surface area contributed by atoms with Crippen molar-refractivity contribution in [3.63, 3.8) is 0 Å². The SMILES string of the molecule is C.C.C.CC.CC.CC.CCI.CCI.[CH3-].[CH3-].[CH3-].[I][V][I].[I][V][I].[V]. The summed E-state index contributed by atoms with van der Waals surface area (Å²) in [5, 5.41) is 0. The molecule has 0 aromatic carbocycles. The first kappa shape index (κ1) is 96.3. The zero-order chi connectivity index (χ0) is 16.8. The predicted octanol–water partition coefficient (Wildman–Crippen LogP) is 12.8. The minimum Gasteiger partial charge on any atom is 0 e. The molecule has 0 aromatic heterocycles. The van der Waals surface area contributed by atoms with Gasteiger partial charge in [0.1, 0.15) is 0 Å². The minimum atomic E-state index is 0. The summed E-state index contributed by atoms with van der Waals surface area (Å²) in [7, 11) is 1.25. The quantitative estimate of drug-likeness (QED) is 0.129. The van der Waals surface area contributed by atoms with Gasteiger partial charge in [-0.1, -0.05) is 123 Å². The summed E-state index contributed by atoms with van der Waals surface area (Å²) in [6.07, 6.45) is 0. The van der Waals surface area contributed by atoms with Gasteiger partial charge >= 0.3 is 98.8 Å². The molecule has 0 bridgehead atoms. The first-order chi connectivity index (χ1) is 8.66. The largest absolute Gasteiger partial charge is 0 e. The molecule has 25 heavy (non-hydrogen) atoms. The summed E-state index contributed by atoms with van der Waals surface area (Å²) in [5.41, 5.74) is 0. The van der Waals surface area contributed by atoms with Gasteiger partial charge in [-0.05, 0) is 8.86 Å². The van der Waals surface area contributed by atoms with Crippen molar-refractivity contribution < 1.29 is 37.5 Å². The molecular formula is C16H49I6V3-3. The maximum atomic E-state index is 2.37. The topological polar surface area (TPSA) is 0 Å². The van der Waals surface area contributed by atoms with Crippen LogP contribution in [0.3, 0.4) is 0 Å². The van der Waals surface area contributed by atoms with E-state index in [2.05, 4.69) is 139 Å². The van der Waals surface area contributed by atoms with Gasteiger partial charge in [-0.3, -0.25) is 0 Å². The summed E-state index contributed by atoms with van der Waals surface area (Å²) in [6.45, 7) is 16.2. The van der Waals surface area contributed by atoms with E-state index in [9.17, 15) is 0 Å². The van der Waals surface area contributed by atoms with Crippen LogP contribution < -0.4 is 0 Å². The molecule has 0 atom stereocenters. The van der Waals surface area contributed by atoms with E-state index in [0.29, 0.717) is 18.9 Å². The van der Waals surface area contributed by atoms with Crippen molar-refractivity contribution in [3.8, 4) is 0 Å². The molecule has 0 nitrogen and oxygen atoms in total. The van der Waals surface area contributed by atoms with Crippen LogP contribution >= 0.6 is 125 Å². The molecule has 0 rings (SSSR count). The van der Waals surface area contributed by atoms with E-state index in [4.69, 9.17) is 0 Å². The van der Waals surface area contributed by atoms with Crippen molar-refractivity contribution in [3.05, 3.63) is 22.3 Å². The fourth-order valence-corrected chi connectivity index (χ4v) is 0. The van der Waals surface area contributed by atoms with Gasteiger partial charge in [0.25, 0.3) is 0 Å². The Bertz CT molecular complexity index is 39.8. The van der Waals surface area contributed by atoms with E-state index >= 15 is 0 Å². The van der Waals surface area contributed by atoms with Gasteiger partial charge in [0, 0.05) is 18.6 Å². The van der Waals surface area contributed by atoms with E-state index in [0.717, 1.165) is 0 Å². The van der Waals surface area contributed by atoms with Crippen molar-refractivity contribution in [2.75, 3.05) is 8.86 Å². The first-order valence-electron chi connectivity index (χ1n) is 5.62. The van der Waals surface area contributed by atoms with Crippen LogP contribution in [0.4, 0.5) is 0 Å². The number of alkyl halides is 2. The summed E-state index contributed by atoms with van der Waals surface area (Å²) >= 11 is 14.1. The normalized spacial score (nSPS) is 3.28. The molecule has 0 aromatic rings. The number of halogens is 6. The second-order valence-electron chi connectivity index (χ2n) is 0.662. The second-order valence-corrected chi connectivity index (χ2v) is 27.3. The third kappa shape index (κ3) is 634. The molecule has 0 fully saturated rings. The number of hydrogen-bond acceptors (Lipinski definition) is 0. The number of hydrogen-bond donors (Lipinski definition) is 0. The van der Waals surface area contributed by atoms with Gasteiger partial charge in [0.05, 0.1) is 0 Å². The molecule has 1 radical (unpaired) electrons. The molecule has 0 aliphatic heterocycles. The molecule has 0 heterocycles. The Kier molecular flexibility index (Phi) is 959. The van der Waals surface area contributed by atoms with Gasteiger partial charge in [-0.2, -0.15) is 0 Å². The van der Waals surface area contributed by atoms with Crippen molar-refractivity contribution in [2.45, 2.75) is 77.7 Å². The van der Waals surface area contributed by atoms with Crippen LogP contribution in [-0.2, 0) is 37.5 Å². The molecule has 0 aliphatic carbocycles. The van der Waals surface area contributed by atoms with Crippen molar-refractivity contribution >= 4 is 125 Å². The van der Waals surface area contributed by atoms with Crippen LogP contribution in [0, 0.1) is 22.3 Å². The molecule has 0 spiro atoms. The average Bonchev–Trinajstić information content (AvgIpc) is 2.40. The average molecular weight is 1160 g/mol. The van der Waals surface area contributed by atoms with Gasteiger partial charge in [0.2, 0.25) is 0 Å². The Labute approximate surface area is 265 Å². The van der Waals surface area contributed by atoms with Crippen molar-refractivity contribution in [1.29, 1.82) is 0 Å². The van der Waals surface area contributed by atoms with Crippen molar-refractivity contribution in [2.24, 2.45) is 0 Å². The van der Waals surface area contributed by atoms with Crippen LogP contribution in [0.5, 0.6) is 0 Å². The van der Waals surface area contributed by atoms with Gasteiger partial charge in [-0.15, -0.1) is 0 Å². The first-order valence-corrected chi connectivity index (χ1v) is 26.7. The van der Waals surface area contributed by atoms with E-state index < -0.39 is 0 Å². The zero-order valence-electron chi connectivity index (χ0n) is 16.0. The van der Waals surface area contributed by atoms with Crippen LogP contribution in [0.2, 0.25) is 0 Å². The Balaban J connectivity index is -0.00000000453. The van der Waals surface area contributed by atoms with Crippen LogP contribution in [0.15, 0.2) is 0 Å². The van der Waals surface area contributed by atoms with E-state index in [1.165, 1.54) is 8.86 Å². The third-order valence-corrected chi connectivity index (χ3v) is 0. The van der Waals surface area contributed by atoms with Crippen molar-refractivity contribution in [1.82, 2.24) is 0 Å². The standard InChI is InChI=1S/2C2H5I.3C2H6.3CH4.3CH3.4HI.3V/c2*1-2-3;3*1-2;;;;;;;;;;;;;/h2*2H2,1H3;3*1-2H3;3*1H4;3*1H3;4*1H;;;/q;;;;;;;;3*-1;;;;;;2*+2/p-4. The third-order valence-electron chi connectivity index (χ3n) is 0. The molecule has 9 heteroatoms. The van der Waals surface area contributed by atoms with E-state index in [-0.39, 0.29) is 63.1 Å². The van der Waals surface area contributed by atoms with Crippen LogP contribution in [0.25, 0.3) is 0 Å². The van der Waals surface area contributed by atoms with Crippen LogP contribution in [0.1, 0.15) is 77.7 Å². The van der Waals surface area contributed by atoms with E-state index in [1.807, 2.05) is 41.5 Å². The fraction of sp³-hybridized carbons (Fsp3) is 0.812. The summed E-state index contributed by atoms with van der Waals surface area (Å²) in [5.74, 6) is 0. The summed E-state index contributed by atoms with van der Waals surface area (Å²) in [6, 6.07) is 0. The Morgan fingerprint density at radius 3 is 0.520 bits per heavy atom. The molecule has 0 aliphatic rings. The summed E-state index contributed by atoms with van der Waals surface area (Å²) in [4.78, 5) is 0. The zero-order valence-corrected chi connectivity index (χ0v) is 33.2. The van der Waals surface area contributed by atoms with Gasteiger partial charge in [-0.25, -0.2) is 0 Å². The molecular weight excluding hydrogens is 1110 g/mol. The van der Waals surface area contributed by atoms with Gasteiger partial charge in [0.15, 0.2) is 0 Å². The fourth-order valence-electron chi connectivity index (χ4n) is 0. The second kappa shape index (κ2) is 249. The van der Waals surface area contributed by atoms with Gasteiger partial charge < -0.3 is 22.3 Å². The Hall–Kier alpha value is 6.13. The molecule has 0 saturated carbocycles. The maximum absolute atomic E-state index is 2.37. The minimum absolute atomic E-state index is 0. The predicted molar refractivity (Wildman–Crippen MR) is 179 cm³/mol. The van der Waals surface area contributed by atoms with E-state index in [1.54, 1.807) is 0 Å².